The van der Waals surface area contributed by atoms with Crippen LogP contribution in [0.25, 0.3) is 10.8 Å². The zero-order chi connectivity index (χ0) is 11.7. The van der Waals surface area contributed by atoms with Crippen molar-refractivity contribution in [3.05, 3.63) is 29.3 Å². The van der Waals surface area contributed by atoms with Crippen LogP contribution in [0.2, 0.25) is 5.02 Å². The summed E-state index contributed by atoms with van der Waals surface area (Å²) in [7, 11) is 3.06. The van der Waals surface area contributed by atoms with Crippen molar-refractivity contribution in [2.75, 3.05) is 14.2 Å². The van der Waals surface area contributed by atoms with Gasteiger partial charge in [-0.3, -0.25) is 0 Å². The molecule has 0 heterocycles. The molecule has 0 aliphatic carbocycles. The van der Waals surface area contributed by atoms with Gasteiger partial charge in [-0.15, -0.1) is 0 Å². The second kappa shape index (κ2) is 4.10. The van der Waals surface area contributed by atoms with E-state index in [1.807, 2.05) is 0 Å². The molecule has 0 amide bonds. The van der Waals surface area contributed by atoms with Gasteiger partial charge in [-0.25, -0.2) is 0 Å². The molecule has 0 saturated carbocycles. The number of halogens is 1. The molecule has 0 aliphatic heterocycles. The molecule has 84 valence electrons. The van der Waals surface area contributed by atoms with Crippen LogP contribution in [0.15, 0.2) is 24.3 Å². The summed E-state index contributed by atoms with van der Waals surface area (Å²) in [5.41, 5.74) is 0. The Morgan fingerprint density at radius 2 is 1.69 bits per heavy atom. The molecule has 3 nitrogen and oxygen atoms in total. The average Bonchev–Trinajstić information content (AvgIpc) is 2.29. The fourth-order valence-electron chi connectivity index (χ4n) is 1.65. The summed E-state index contributed by atoms with van der Waals surface area (Å²) in [5.74, 6) is 1.09. The van der Waals surface area contributed by atoms with Crippen LogP contribution in [0.1, 0.15) is 0 Å². The number of ether oxygens (including phenoxy) is 2. The van der Waals surface area contributed by atoms with E-state index in [1.165, 1.54) is 7.11 Å². The number of hydrogen-bond donors (Lipinski definition) is 1. The van der Waals surface area contributed by atoms with Crippen molar-refractivity contribution in [3.63, 3.8) is 0 Å². The van der Waals surface area contributed by atoms with E-state index in [9.17, 15) is 5.11 Å². The minimum atomic E-state index is 0.0926. The van der Waals surface area contributed by atoms with Gasteiger partial charge in [0.15, 0.2) is 11.5 Å². The smallest absolute Gasteiger partial charge is 0.165 e. The van der Waals surface area contributed by atoms with Crippen LogP contribution in [-0.2, 0) is 0 Å². The third-order valence-electron chi connectivity index (χ3n) is 2.44. The highest BCUT2D eigenvalue weighted by molar-refractivity contribution is 6.31. The monoisotopic (exact) mass is 238 g/mol. The first-order valence-corrected chi connectivity index (χ1v) is 5.08. The third kappa shape index (κ3) is 1.63. The standard InChI is InChI=1S/C12H11ClO3/c1-15-10-6-11(16-2)12(14)8-4-3-7(13)5-9(8)10/h3-6,14H,1-2H3. The molecule has 0 atom stereocenters. The summed E-state index contributed by atoms with van der Waals surface area (Å²) in [6, 6.07) is 6.82. The summed E-state index contributed by atoms with van der Waals surface area (Å²) >= 11 is 5.91. The first-order chi connectivity index (χ1) is 7.67. The number of rotatable bonds is 2. The Kier molecular flexibility index (Phi) is 2.79. The molecule has 0 aromatic heterocycles. The van der Waals surface area contributed by atoms with E-state index in [4.69, 9.17) is 21.1 Å². The van der Waals surface area contributed by atoms with Gasteiger partial charge in [-0.1, -0.05) is 11.6 Å². The number of methoxy groups -OCH3 is 2. The van der Waals surface area contributed by atoms with E-state index in [0.29, 0.717) is 21.9 Å². The molecule has 4 heteroatoms. The highest BCUT2D eigenvalue weighted by Gasteiger charge is 2.12. The summed E-state index contributed by atoms with van der Waals surface area (Å²) in [6.07, 6.45) is 0. The lowest BCUT2D eigenvalue weighted by molar-refractivity contribution is 0.369. The van der Waals surface area contributed by atoms with Crippen molar-refractivity contribution >= 4 is 22.4 Å². The topological polar surface area (TPSA) is 38.7 Å². The zero-order valence-corrected chi connectivity index (χ0v) is 9.71. The van der Waals surface area contributed by atoms with Crippen LogP contribution < -0.4 is 9.47 Å². The third-order valence-corrected chi connectivity index (χ3v) is 2.67. The number of benzene rings is 2. The fraction of sp³-hybridized carbons (Fsp3) is 0.167. The summed E-state index contributed by atoms with van der Waals surface area (Å²) < 4.78 is 10.3. The Morgan fingerprint density at radius 1 is 1.00 bits per heavy atom. The maximum atomic E-state index is 9.94. The van der Waals surface area contributed by atoms with Gasteiger partial charge in [0.2, 0.25) is 0 Å². The Morgan fingerprint density at radius 3 is 2.31 bits per heavy atom. The van der Waals surface area contributed by atoms with Gasteiger partial charge < -0.3 is 14.6 Å². The molecule has 0 bridgehead atoms. The predicted molar refractivity (Wildman–Crippen MR) is 63.7 cm³/mol. The molecule has 0 fully saturated rings. The molecule has 2 aromatic rings. The second-order valence-corrected chi connectivity index (χ2v) is 3.76. The van der Waals surface area contributed by atoms with Gasteiger partial charge in [0, 0.05) is 21.9 Å². The van der Waals surface area contributed by atoms with Crippen LogP contribution in [-0.4, -0.2) is 19.3 Å². The summed E-state index contributed by atoms with van der Waals surface area (Å²) in [5, 5.41) is 11.9. The van der Waals surface area contributed by atoms with Crippen LogP contribution in [0, 0.1) is 0 Å². The molecule has 16 heavy (non-hydrogen) atoms. The highest BCUT2D eigenvalue weighted by Crippen LogP contribution is 2.41. The van der Waals surface area contributed by atoms with Crippen molar-refractivity contribution in [2.24, 2.45) is 0 Å². The van der Waals surface area contributed by atoms with Gasteiger partial charge in [-0.05, 0) is 18.2 Å². The fourth-order valence-corrected chi connectivity index (χ4v) is 1.82. The van der Waals surface area contributed by atoms with E-state index < -0.39 is 0 Å². The average molecular weight is 239 g/mol. The van der Waals surface area contributed by atoms with Gasteiger partial charge in [0.1, 0.15) is 5.75 Å². The quantitative estimate of drug-likeness (QED) is 0.873. The lowest BCUT2D eigenvalue weighted by atomic mass is 10.1. The van der Waals surface area contributed by atoms with Crippen LogP contribution >= 0.6 is 11.6 Å². The van der Waals surface area contributed by atoms with E-state index >= 15 is 0 Å². The van der Waals surface area contributed by atoms with Crippen molar-refractivity contribution < 1.29 is 14.6 Å². The zero-order valence-electron chi connectivity index (χ0n) is 8.95. The number of phenolic OH excluding ortho intramolecular Hbond substituents is 1. The van der Waals surface area contributed by atoms with Crippen LogP contribution in [0.3, 0.4) is 0 Å². The predicted octanol–water partition coefficient (Wildman–Crippen LogP) is 3.22. The molecule has 0 spiro atoms. The number of hydrogen-bond acceptors (Lipinski definition) is 3. The van der Waals surface area contributed by atoms with Crippen molar-refractivity contribution in [3.8, 4) is 17.2 Å². The molecule has 0 aliphatic rings. The lowest BCUT2D eigenvalue weighted by Crippen LogP contribution is -1.90. The second-order valence-electron chi connectivity index (χ2n) is 3.32. The minimum absolute atomic E-state index is 0.0926. The van der Waals surface area contributed by atoms with E-state index in [1.54, 1.807) is 31.4 Å². The largest absolute Gasteiger partial charge is 0.504 e. The van der Waals surface area contributed by atoms with Crippen LogP contribution in [0.4, 0.5) is 0 Å². The summed E-state index contributed by atoms with van der Waals surface area (Å²) in [6.45, 7) is 0. The van der Waals surface area contributed by atoms with Crippen molar-refractivity contribution in [2.45, 2.75) is 0 Å². The Labute approximate surface area is 98.2 Å². The molecule has 1 N–H and O–H groups in total. The molecular formula is C12H11ClO3. The maximum Gasteiger partial charge on any atom is 0.165 e. The van der Waals surface area contributed by atoms with E-state index in [0.717, 1.165) is 5.39 Å². The molecule has 0 radical (unpaired) electrons. The number of phenols is 1. The van der Waals surface area contributed by atoms with Gasteiger partial charge >= 0.3 is 0 Å². The Balaban J connectivity index is 2.85. The Bertz CT molecular complexity index is 537. The van der Waals surface area contributed by atoms with E-state index in [-0.39, 0.29) is 5.75 Å². The minimum Gasteiger partial charge on any atom is -0.504 e. The first kappa shape index (κ1) is 10.9. The lowest BCUT2D eigenvalue weighted by Gasteiger charge is -2.11. The van der Waals surface area contributed by atoms with E-state index in [2.05, 4.69) is 0 Å². The van der Waals surface area contributed by atoms with Crippen molar-refractivity contribution in [1.29, 1.82) is 0 Å². The molecule has 0 unspecified atom stereocenters. The number of fused-ring (bicyclic) bond motifs is 1. The molecule has 0 saturated heterocycles. The highest BCUT2D eigenvalue weighted by atomic mass is 35.5. The molecule has 2 rings (SSSR count). The molecular weight excluding hydrogens is 228 g/mol. The SMILES string of the molecule is COc1cc(OC)c2cc(Cl)ccc2c1O. The molecule has 2 aromatic carbocycles. The van der Waals surface area contributed by atoms with Gasteiger partial charge in [-0.2, -0.15) is 0 Å². The van der Waals surface area contributed by atoms with Crippen molar-refractivity contribution in [1.82, 2.24) is 0 Å². The summed E-state index contributed by atoms with van der Waals surface area (Å²) in [4.78, 5) is 0. The van der Waals surface area contributed by atoms with Gasteiger partial charge in [0.05, 0.1) is 14.2 Å². The van der Waals surface area contributed by atoms with Crippen LogP contribution in [0.5, 0.6) is 17.2 Å². The first-order valence-electron chi connectivity index (χ1n) is 4.70. The normalized spacial score (nSPS) is 10.4. The Hall–Kier alpha value is -1.61. The van der Waals surface area contributed by atoms with Gasteiger partial charge in [0.25, 0.3) is 0 Å². The maximum absolute atomic E-state index is 9.94. The number of aromatic hydroxyl groups is 1.